The molecule has 5 nitrogen and oxygen atoms in total. The van der Waals surface area contributed by atoms with Gasteiger partial charge in [-0.05, 0) is 31.0 Å². The van der Waals surface area contributed by atoms with Crippen molar-refractivity contribution in [2.45, 2.75) is 18.9 Å². The number of rotatable bonds is 3. The molecular weight excluding hydrogens is 222 g/mol. The first-order valence-electron chi connectivity index (χ1n) is 5.49. The Labute approximate surface area is 97.7 Å². The lowest BCUT2D eigenvalue weighted by Gasteiger charge is -2.03. The summed E-state index contributed by atoms with van der Waals surface area (Å²) in [6, 6.07) is 4.93. The van der Waals surface area contributed by atoms with Crippen LogP contribution in [0, 0.1) is 0 Å². The van der Waals surface area contributed by atoms with E-state index in [0.29, 0.717) is 17.1 Å². The molecule has 0 unspecified atom stereocenters. The standard InChI is InChI=1S/C12H11NO4/c14-11(12(15)13-8-2-3-8)7-1-4-9-10(5-7)17-6-16-9/h1,4-5,8H,2-3,6H2,(H,13,15). The smallest absolute Gasteiger partial charge is 0.292 e. The molecule has 1 saturated carbocycles. The van der Waals surface area contributed by atoms with Crippen LogP contribution in [0.5, 0.6) is 11.5 Å². The van der Waals surface area contributed by atoms with Gasteiger partial charge in [-0.25, -0.2) is 0 Å². The second kappa shape index (κ2) is 3.76. The van der Waals surface area contributed by atoms with Crippen molar-refractivity contribution in [3.63, 3.8) is 0 Å². The number of ether oxygens (including phenoxy) is 2. The third-order valence-corrected chi connectivity index (χ3v) is 2.75. The minimum absolute atomic E-state index is 0.154. The Kier molecular flexibility index (Phi) is 2.24. The van der Waals surface area contributed by atoms with E-state index in [9.17, 15) is 9.59 Å². The molecule has 0 bridgehead atoms. The van der Waals surface area contributed by atoms with Crippen molar-refractivity contribution in [1.29, 1.82) is 0 Å². The lowest BCUT2D eigenvalue weighted by atomic mass is 10.1. The lowest BCUT2D eigenvalue weighted by molar-refractivity contribution is -0.117. The summed E-state index contributed by atoms with van der Waals surface area (Å²) in [5.41, 5.74) is 0.326. The predicted molar refractivity (Wildman–Crippen MR) is 58.1 cm³/mol. The molecule has 0 aromatic heterocycles. The summed E-state index contributed by atoms with van der Waals surface area (Å²) in [4.78, 5) is 23.4. The zero-order valence-corrected chi connectivity index (χ0v) is 9.06. The highest BCUT2D eigenvalue weighted by Gasteiger charge is 2.27. The minimum Gasteiger partial charge on any atom is -0.454 e. The molecule has 0 saturated heterocycles. The Bertz CT molecular complexity index is 493. The quantitative estimate of drug-likeness (QED) is 0.621. The van der Waals surface area contributed by atoms with Crippen molar-refractivity contribution in [1.82, 2.24) is 5.32 Å². The van der Waals surface area contributed by atoms with E-state index in [-0.39, 0.29) is 12.8 Å². The van der Waals surface area contributed by atoms with Gasteiger partial charge in [-0.3, -0.25) is 9.59 Å². The molecule has 1 aromatic rings. The van der Waals surface area contributed by atoms with Gasteiger partial charge in [0.15, 0.2) is 11.5 Å². The number of hydrogen-bond donors (Lipinski definition) is 1. The van der Waals surface area contributed by atoms with Gasteiger partial charge in [-0.2, -0.15) is 0 Å². The zero-order valence-electron chi connectivity index (χ0n) is 9.06. The van der Waals surface area contributed by atoms with Crippen LogP contribution in [0.15, 0.2) is 18.2 Å². The number of hydrogen-bond acceptors (Lipinski definition) is 4. The molecule has 1 heterocycles. The molecule has 1 aliphatic heterocycles. The van der Waals surface area contributed by atoms with E-state index in [2.05, 4.69) is 5.32 Å². The first-order chi connectivity index (χ1) is 8.24. The van der Waals surface area contributed by atoms with Gasteiger partial charge < -0.3 is 14.8 Å². The Balaban J connectivity index is 1.78. The number of nitrogens with one attached hydrogen (secondary N) is 1. The van der Waals surface area contributed by atoms with Crippen LogP contribution in [-0.2, 0) is 4.79 Å². The second-order valence-electron chi connectivity index (χ2n) is 4.14. The van der Waals surface area contributed by atoms with E-state index in [1.54, 1.807) is 12.1 Å². The van der Waals surface area contributed by atoms with Crippen LogP contribution in [0.3, 0.4) is 0 Å². The van der Waals surface area contributed by atoms with E-state index < -0.39 is 11.7 Å². The fourth-order valence-electron chi connectivity index (χ4n) is 1.65. The number of carbonyl (C=O) groups excluding carboxylic acids is 2. The number of fused-ring (bicyclic) bond motifs is 1. The average Bonchev–Trinajstić information content (AvgIpc) is 3.02. The maximum atomic E-state index is 11.8. The third kappa shape index (κ3) is 1.95. The molecule has 88 valence electrons. The lowest BCUT2D eigenvalue weighted by Crippen LogP contribution is -2.32. The first-order valence-corrected chi connectivity index (χ1v) is 5.49. The summed E-state index contributed by atoms with van der Waals surface area (Å²) in [5.74, 6) is 0.0285. The molecule has 0 spiro atoms. The maximum Gasteiger partial charge on any atom is 0.292 e. The first kappa shape index (κ1) is 10.1. The van der Waals surface area contributed by atoms with Gasteiger partial charge in [0.1, 0.15) is 0 Å². The molecule has 0 radical (unpaired) electrons. The summed E-state index contributed by atoms with van der Waals surface area (Å²) < 4.78 is 10.3. The molecular formula is C12H11NO4. The summed E-state index contributed by atoms with van der Waals surface area (Å²) in [7, 11) is 0. The van der Waals surface area contributed by atoms with Gasteiger partial charge in [-0.15, -0.1) is 0 Å². The molecule has 1 aliphatic carbocycles. The summed E-state index contributed by atoms with van der Waals surface area (Å²) in [6.45, 7) is 0.154. The van der Waals surface area contributed by atoms with E-state index >= 15 is 0 Å². The molecule has 5 heteroatoms. The fourth-order valence-corrected chi connectivity index (χ4v) is 1.65. The van der Waals surface area contributed by atoms with E-state index in [1.165, 1.54) is 6.07 Å². The molecule has 1 fully saturated rings. The van der Waals surface area contributed by atoms with Crippen molar-refractivity contribution < 1.29 is 19.1 Å². The Morgan fingerprint density at radius 2 is 1.94 bits per heavy atom. The van der Waals surface area contributed by atoms with Gasteiger partial charge in [0, 0.05) is 11.6 Å². The van der Waals surface area contributed by atoms with Gasteiger partial charge in [0.05, 0.1) is 0 Å². The van der Waals surface area contributed by atoms with Gasteiger partial charge in [-0.1, -0.05) is 0 Å². The number of carbonyl (C=O) groups is 2. The molecule has 3 rings (SSSR count). The maximum absolute atomic E-state index is 11.8. The highest BCUT2D eigenvalue weighted by atomic mass is 16.7. The molecule has 1 aromatic carbocycles. The number of benzene rings is 1. The number of Topliss-reactive ketones (excluding diaryl/α,β-unsaturated/α-hetero) is 1. The van der Waals surface area contributed by atoms with Crippen LogP contribution in [-0.4, -0.2) is 24.5 Å². The minimum atomic E-state index is -0.550. The highest BCUT2D eigenvalue weighted by Crippen LogP contribution is 2.32. The van der Waals surface area contributed by atoms with Crippen LogP contribution in [0.1, 0.15) is 23.2 Å². The van der Waals surface area contributed by atoms with Crippen molar-refractivity contribution >= 4 is 11.7 Å². The zero-order chi connectivity index (χ0) is 11.8. The van der Waals surface area contributed by atoms with E-state index in [0.717, 1.165) is 12.8 Å². The SMILES string of the molecule is O=C(NC1CC1)C(=O)c1ccc2c(c1)OCO2. The summed E-state index contributed by atoms with van der Waals surface area (Å²) in [5, 5.41) is 2.66. The predicted octanol–water partition coefficient (Wildman–Crippen LogP) is 0.877. The monoisotopic (exact) mass is 233 g/mol. The summed E-state index contributed by atoms with van der Waals surface area (Å²) >= 11 is 0. The second-order valence-corrected chi connectivity index (χ2v) is 4.14. The third-order valence-electron chi connectivity index (χ3n) is 2.75. The van der Waals surface area contributed by atoms with Crippen LogP contribution < -0.4 is 14.8 Å². The largest absolute Gasteiger partial charge is 0.454 e. The van der Waals surface area contributed by atoms with Crippen LogP contribution in [0.2, 0.25) is 0 Å². The molecule has 1 N–H and O–H groups in total. The number of amides is 1. The Morgan fingerprint density at radius 3 is 2.71 bits per heavy atom. The normalized spacial score (nSPS) is 16.7. The van der Waals surface area contributed by atoms with Crippen LogP contribution in [0.25, 0.3) is 0 Å². The molecule has 17 heavy (non-hydrogen) atoms. The van der Waals surface area contributed by atoms with Gasteiger partial charge in [0.25, 0.3) is 5.91 Å². The van der Waals surface area contributed by atoms with Crippen molar-refractivity contribution in [3.8, 4) is 11.5 Å². The van der Waals surface area contributed by atoms with E-state index in [1.807, 2.05) is 0 Å². The Hall–Kier alpha value is -2.04. The highest BCUT2D eigenvalue weighted by molar-refractivity contribution is 6.43. The van der Waals surface area contributed by atoms with Crippen molar-refractivity contribution in [2.75, 3.05) is 6.79 Å². The van der Waals surface area contributed by atoms with E-state index in [4.69, 9.17) is 9.47 Å². The fraction of sp³-hybridized carbons (Fsp3) is 0.333. The molecule has 1 amide bonds. The molecule has 2 aliphatic rings. The van der Waals surface area contributed by atoms with Crippen LogP contribution in [0.4, 0.5) is 0 Å². The summed E-state index contributed by atoms with van der Waals surface area (Å²) in [6.07, 6.45) is 1.92. The van der Waals surface area contributed by atoms with Crippen LogP contribution >= 0.6 is 0 Å². The van der Waals surface area contributed by atoms with Gasteiger partial charge >= 0.3 is 0 Å². The Morgan fingerprint density at radius 1 is 1.18 bits per heavy atom. The van der Waals surface area contributed by atoms with Crippen molar-refractivity contribution in [2.24, 2.45) is 0 Å². The molecule has 0 atom stereocenters. The average molecular weight is 233 g/mol. The number of ketones is 1. The topological polar surface area (TPSA) is 64.6 Å². The van der Waals surface area contributed by atoms with Crippen molar-refractivity contribution in [3.05, 3.63) is 23.8 Å². The van der Waals surface area contributed by atoms with Gasteiger partial charge in [0.2, 0.25) is 12.6 Å².